The number of hydrogen-bond acceptors (Lipinski definition) is 3. The van der Waals surface area contributed by atoms with Crippen molar-refractivity contribution in [2.75, 3.05) is 13.1 Å². The quantitative estimate of drug-likeness (QED) is 0.836. The second kappa shape index (κ2) is 6.04. The van der Waals surface area contributed by atoms with Gasteiger partial charge in [-0.15, -0.1) is 0 Å². The number of likely N-dealkylation sites (tertiary alicyclic amines) is 1. The average Bonchev–Trinajstić information content (AvgIpc) is 2.39. The molecular weight excluding hydrogens is 222 g/mol. The number of nitrogens with zero attached hydrogens (tertiary/aromatic N) is 2. The molecule has 3 nitrogen and oxygen atoms in total. The molecular formula is C15H27N3. The van der Waals surface area contributed by atoms with E-state index >= 15 is 0 Å². The Labute approximate surface area is 112 Å². The van der Waals surface area contributed by atoms with E-state index < -0.39 is 0 Å². The molecule has 1 heterocycles. The molecule has 0 aromatic heterocycles. The Morgan fingerprint density at radius 2 is 1.94 bits per heavy atom. The highest BCUT2D eigenvalue weighted by atomic mass is 15.2. The molecule has 18 heavy (non-hydrogen) atoms. The molecule has 0 amide bonds. The van der Waals surface area contributed by atoms with Crippen LogP contribution in [-0.2, 0) is 0 Å². The highest BCUT2D eigenvalue weighted by Gasteiger charge is 2.38. The molecule has 2 aliphatic rings. The Bertz CT molecular complexity index is 301. The first kappa shape index (κ1) is 13.8. The summed E-state index contributed by atoms with van der Waals surface area (Å²) in [5, 5.41) is 13.1. The minimum absolute atomic E-state index is 0.269. The topological polar surface area (TPSA) is 39.1 Å². The van der Waals surface area contributed by atoms with Gasteiger partial charge < -0.3 is 4.90 Å². The van der Waals surface area contributed by atoms with E-state index in [-0.39, 0.29) is 5.54 Å². The molecule has 2 rings (SSSR count). The molecule has 0 radical (unpaired) electrons. The lowest BCUT2D eigenvalue weighted by molar-refractivity contribution is 0.0983. The van der Waals surface area contributed by atoms with Crippen LogP contribution in [0.5, 0.6) is 0 Å². The van der Waals surface area contributed by atoms with E-state index in [9.17, 15) is 5.26 Å². The van der Waals surface area contributed by atoms with Crippen LogP contribution >= 0.6 is 0 Å². The van der Waals surface area contributed by atoms with Gasteiger partial charge in [0.15, 0.2) is 0 Å². The van der Waals surface area contributed by atoms with Crippen molar-refractivity contribution in [3.8, 4) is 6.07 Å². The molecule has 3 heteroatoms. The van der Waals surface area contributed by atoms with Crippen molar-refractivity contribution in [1.29, 1.82) is 5.26 Å². The molecule has 2 fully saturated rings. The van der Waals surface area contributed by atoms with Crippen molar-refractivity contribution in [2.45, 2.75) is 76.4 Å². The summed E-state index contributed by atoms with van der Waals surface area (Å²) in [4.78, 5) is 2.64. The third kappa shape index (κ3) is 3.24. The van der Waals surface area contributed by atoms with Gasteiger partial charge in [0.05, 0.1) is 6.07 Å². The summed E-state index contributed by atoms with van der Waals surface area (Å²) in [6.45, 7) is 6.77. The average molecular weight is 249 g/mol. The molecule has 1 aliphatic carbocycles. The third-order valence-electron chi connectivity index (χ3n) is 4.41. The second-order valence-corrected chi connectivity index (χ2v) is 6.34. The summed E-state index contributed by atoms with van der Waals surface area (Å²) in [5.74, 6) is 0. The second-order valence-electron chi connectivity index (χ2n) is 6.34. The first-order valence-corrected chi connectivity index (χ1v) is 7.58. The Morgan fingerprint density at radius 1 is 1.22 bits per heavy atom. The van der Waals surface area contributed by atoms with Gasteiger partial charge in [0.25, 0.3) is 0 Å². The predicted octanol–water partition coefficient (Wildman–Crippen LogP) is 2.68. The Hall–Kier alpha value is -0.590. The maximum atomic E-state index is 9.58. The van der Waals surface area contributed by atoms with Crippen molar-refractivity contribution in [1.82, 2.24) is 10.2 Å². The minimum atomic E-state index is -0.269. The Morgan fingerprint density at radius 3 is 2.56 bits per heavy atom. The summed E-state index contributed by atoms with van der Waals surface area (Å²) in [6, 6.07) is 3.60. The van der Waals surface area contributed by atoms with Gasteiger partial charge in [0.2, 0.25) is 0 Å². The molecule has 2 unspecified atom stereocenters. The van der Waals surface area contributed by atoms with Crippen LogP contribution < -0.4 is 5.32 Å². The van der Waals surface area contributed by atoms with Crippen LogP contribution in [0.15, 0.2) is 0 Å². The maximum Gasteiger partial charge on any atom is 0.108 e. The molecule has 1 N–H and O–H groups in total. The molecule has 1 saturated carbocycles. The van der Waals surface area contributed by atoms with Crippen LogP contribution in [0.3, 0.4) is 0 Å². The van der Waals surface area contributed by atoms with Gasteiger partial charge in [0.1, 0.15) is 5.54 Å². The fourth-order valence-electron chi connectivity index (χ4n) is 3.66. The lowest BCUT2D eigenvalue weighted by atomic mass is 9.78. The van der Waals surface area contributed by atoms with Gasteiger partial charge in [-0.2, -0.15) is 5.26 Å². The lowest BCUT2D eigenvalue weighted by Crippen LogP contribution is -2.55. The standard InChI is InChI=1S/C15H27N3/c1-13(2)17-15(12-16)8-6-7-14(11-15)18-9-4-3-5-10-18/h13-14,17H,3-11H2,1-2H3. The zero-order valence-electron chi connectivity index (χ0n) is 11.9. The molecule has 1 aliphatic heterocycles. The first-order chi connectivity index (χ1) is 8.65. The maximum absolute atomic E-state index is 9.58. The van der Waals surface area contributed by atoms with Crippen molar-refractivity contribution in [3.63, 3.8) is 0 Å². The molecule has 0 spiro atoms. The predicted molar refractivity (Wildman–Crippen MR) is 74.3 cm³/mol. The van der Waals surface area contributed by atoms with E-state index in [1.807, 2.05) is 0 Å². The van der Waals surface area contributed by atoms with Gasteiger partial charge in [-0.1, -0.05) is 6.42 Å². The highest BCUT2D eigenvalue weighted by Crippen LogP contribution is 2.32. The normalized spacial score (nSPS) is 34.4. The van der Waals surface area contributed by atoms with Gasteiger partial charge in [-0.25, -0.2) is 0 Å². The van der Waals surface area contributed by atoms with Crippen LogP contribution in [0.25, 0.3) is 0 Å². The molecule has 102 valence electrons. The number of hydrogen-bond donors (Lipinski definition) is 1. The number of nitrogens with one attached hydrogen (secondary N) is 1. The van der Waals surface area contributed by atoms with E-state index in [1.54, 1.807) is 0 Å². The smallest absolute Gasteiger partial charge is 0.108 e. The Kier molecular flexibility index (Phi) is 4.64. The zero-order valence-corrected chi connectivity index (χ0v) is 11.9. The van der Waals surface area contributed by atoms with Gasteiger partial charge in [0, 0.05) is 12.1 Å². The van der Waals surface area contributed by atoms with E-state index in [4.69, 9.17) is 0 Å². The van der Waals surface area contributed by atoms with Crippen molar-refractivity contribution in [2.24, 2.45) is 0 Å². The van der Waals surface area contributed by atoms with E-state index in [2.05, 4.69) is 30.1 Å². The SMILES string of the molecule is CC(C)NC1(C#N)CCCC(N2CCCCC2)C1. The van der Waals surface area contributed by atoms with Crippen molar-refractivity contribution in [3.05, 3.63) is 0 Å². The number of nitriles is 1. The fourth-order valence-corrected chi connectivity index (χ4v) is 3.66. The zero-order chi connectivity index (χ0) is 13.0. The summed E-state index contributed by atoms with van der Waals surface area (Å²) >= 11 is 0. The van der Waals surface area contributed by atoms with Crippen LogP contribution in [0.1, 0.15) is 58.8 Å². The van der Waals surface area contributed by atoms with Crippen LogP contribution in [0.4, 0.5) is 0 Å². The summed E-state index contributed by atoms with van der Waals surface area (Å²) in [6.07, 6.45) is 8.57. The Balaban J connectivity index is 1.99. The van der Waals surface area contributed by atoms with Gasteiger partial charge in [-0.3, -0.25) is 5.32 Å². The lowest BCUT2D eigenvalue weighted by Gasteiger charge is -2.43. The van der Waals surface area contributed by atoms with E-state index in [0.29, 0.717) is 12.1 Å². The third-order valence-corrected chi connectivity index (χ3v) is 4.41. The summed E-state index contributed by atoms with van der Waals surface area (Å²) in [7, 11) is 0. The highest BCUT2D eigenvalue weighted by molar-refractivity contribution is 5.11. The molecule has 0 aromatic rings. The molecule has 0 bridgehead atoms. The monoisotopic (exact) mass is 249 g/mol. The molecule has 2 atom stereocenters. The van der Waals surface area contributed by atoms with Crippen LogP contribution in [-0.4, -0.2) is 35.6 Å². The fraction of sp³-hybridized carbons (Fsp3) is 0.933. The number of rotatable bonds is 3. The van der Waals surface area contributed by atoms with E-state index in [0.717, 1.165) is 12.8 Å². The molecule has 0 aromatic carbocycles. The number of piperidine rings is 1. The summed E-state index contributed by atoms with van der Waals surface area (Å²) < 4.78 is 0. The first-order valence-electron chi connectivity index (χ1n) is 7.58. The van der Waals surface area contributed by atoms with Gasteiger partial charge >= 0.3 is 0 Å². The summed E-state index contributed by atoms with van der Waals surface area (Å²) in [5.41, 5.74) is -0.269. The largest absolute Gasteiger partial charge is 0.300 e. The molecule has 1 saturated heterocycles. The minimum Gasteiger partial charge on any atom is -0.300 e. The van der Waals surface area contributed by atoms with Crippen molar-refractivity contribution < 1.29 is 0 Å². The van der Waals surface area contributed by atoms with Crippen LogP contribution in [0, 0.1) is 11.3 Å². The van der Waals surface area contributed by atoms with Crippen LogP contribution in [0.2, 0.25) is 0 Å². The van der Waals surface area contributed by atoms with Gasteiger partial charge in [-0.05, 0) is 65.5 Å². The van der Waals surface area contributed by atoms with Crippen molar-refractivity contribution >= 4 is 0 Å². The van der Waals surface area contributed by atoms with E-state index in [1.165, 1.54) is 45.2 Å².